The quantitative estimate of drug-likeness (QED) is 0.622. The van der Waals surface area contributed by atoms with Crippen molar-refractivity contribution in [3.8, 4) is 11.5 Å². The number of fused-ring (bicyclic) bond motifs is 1. The molecule has 3 heterocycles. The molecule has 4 rings (SSSR count). The molecule has 2 aromatic heterocycles. The summed E-state index contributed by atoms with van der Waals surface area (Å²) in [6.07, 6.45) is 4.98. The topological polar surface area (TPSA) is 113 Å². The van der Waals surface area contributed by atoms with Gasteiger partial charge in [0.2, 0.25) is 5.91 Å². The van der Waals surface area contributed by atoms with Crippen LogP contribution in [-0.4, -0.2) is 57.4 Å². The number of hydrogen-bond acceptors (Lipinski definition) is 6. The Balaban J connectivity index is 0.00000240. The normalized spacial score (nSPS) is 14.3. The number of nitrogens with two attached hydrogens (primary N) is 1. The summed E-state index contributed by atoms with van der Waals surface area (Å²) in [7, 11) is 1.85. The molecular weight excluding hydrogens is 354 g/mol. The molecule has 3 aromatic rings. The molecule has 0 unspecified atom stereocenters. The lowest BCUT2D eigenvalue weighted by molar-refractivity contribution is -0.130. The van der Waals surface area contributed by atoms with Gasteiger partial charge in [0, 0.05) is 31.8 Å². The molecule has 1 amide bonds. The Kier molecular flexibility index (Phi) is 5.03. The van der Waals surface area contributed by atoms with Crippen LogP contribution in [0.1, 0.15) is 24.2 Å². The Labute approximate surface area is 168 Å². The Morgan fingerprint density at radius 2 is 2.21 bits per heavy atom. The van der Waals surface area contributed by atoms with E-state index in [9.17, 15) is 4.79 Å². The van der Waals surface area contributed by atoms with Crippen LogP contribution in [0, 0.1) is 0 Å². The molecule has 0 aliphatic carbocycles. The van der Waals surface area contributed by atoms with E-state index in [1.165, 1.54) is 0 Å². The minimum atomic E-state index is 0. The van der Waals surface area contributed by atoms with Crippen molar-refractivity contribution in [1.82, 2.24) is 30.2 Å². The van der Waals surface area contributed by atoms with Gasteiger partial charge in [-0.15, -0.1) is 0 Å². The van der Waals surface area contributed by atoms with Crippen LogP contribution in [0.5, 0.6) is 0 Å². The van der Waals surface area contributed by atoms with E-state index >= 15 is 0 Å². The number of carbonyl (C=O) groups is 1. The molecule has 8 nitrogen and oxygen atoms in total. The van der Waals surface area contributed by atoms with Gasteiger partial charge in [0.15, 0.2) is 11.6 Å². The van der Waals surface area contributed by atoms with E-state index in [0.29, 0.717) is 43.4 Å². The van der Waals surface area contributed by atoms with E-state index in [4.69, 9.17) is 10.7 Å². The van der Waals surface area contributed by atoms with Crippen LogP contribution in [0.2, 0.25) is 0 Å². The smallest absolute Gasteiger partial charge is 0.224 e. The van der Waals surface area contributed by atoms with Gasteiger partial charge in [-0.3, -0.25) is 4.79 Å². The second-order valence-corrected chi connectivity index (χ2v) is 6.76. The largest absolute Gasteiger partial charge is 0.382 e. The highest BCUT2D eigenvalue weighted by molar-refractivity contribution is 5.81. The Hall–Kier alpha value is -3.26. The van der Waals surface area contributed by atoms with E-state index in [0.717, 1.165) is 28.7 Å². The summed E-state index contributed by atoms with van der Waals surface area (Å²) < 4.78 is 0. The van der Waals surface area contributed by atoms with Crippen molar-refractivity contribution >= 4 is 28.3 Å². The molecule has 0 fully saturated rings. The number of para-hydroxylation sites is 2. The third-order valence-electron chi connectivity index (χ3n) is 4.89. The van der Waals surface area contributed by atoms with Crippen molar-refractivity contribution in [1.29, 1.82) is 0 Å². The van der Waals surface area contributed by atoms with Crippen LogP contribution in [0.4, 0.5) is 5.82 Å². The summed E-state index contributed by atoms with van der Waals surface area (Å²) in [5, 5.41) is 3.01. The minimum absolute atomic E-state index is 0. The number of rotatable bonds is 5. The lowest BCUT2D eigenvalue weighted by Crippen LogP contribution is -2.36. The van der Waals surface area contributed by atoms with E-state index < -0.39 is 0 Å². The van der Waals surface area contributed by atoms with Crippen LogP contribution in [0.15, 0.2) is 36.5 Å². The SMILES string of the molecule is CNCCC(=O)N1CC=C(c2cnc(N)c(-c3nc4ccccc4[nH]3)n2)CC1.[HH].[HH].[HH].[HH]. The van der Waals surface area contributed by atoms with Crippen LogP contribution in [-0.2, 0) is 4.79 Å². The average Bonchev–Trinajstić information content (AvgIpc) is 3.16. The number of amides is 1. The van der Waals surface area contributed by atoms with Crippen molar-refractivity contribution < 1.29 is 10.5 Å². The molecule has 1 aromatic carbocycles. The predicted octanol–water partition coefficient (Wildman–Crippen LogP) is 2.81. The highest BCUT2D eigenvalue weighted by atomic mass is 16.2. The molecule has 0 saturated heterocycles. The number of carbonyl (C=O) groups excluding carboxylic acids is 1. The Bertz CT molecular complexity index is 1020. The summed E-state index contributed by atoms with van der Waals surface area (Å²) >= 11 is 0. The first kappa shape index (κ1) is 18.1. The summed E-state index contributed by atoms with van der Waals surface area (Å²) in [5.41, 5.74) is 10.2. The minimum Gasteiger partial charge on any atom is -0.382 e. The fourth-order valence-electron chi connectivity index (χ4n) is 3.31. The number of aromatic nitrogens is 4. The standard InChI is InChI=1S/C20H23N7O.4H2/c1-22-9-6-17(28)27-10-7-13(8-11-27)16-12-23-19(21)18(24-16)20-25-14-4-2-3-5-15(14)26-20;;;;/h2-5,7,12,22H,6,8-11H2,1H3,(H2,21,23)(H,25,26);4*1H. The molecular formula is C20H31N7O. The van der Waals surface area contributed by atoms with Gasteiger partial charge in [-0.2, -0.15) is 0 Å². The summed E-state index contributed by atoms with van der Waals surface area (Å²) in [4.78, 5) is 30.9. The van der Waals surface area contributed by atoms with Gasteiger partial charge >= 0.3 is 0 Å². The van der Waals surface area contributed by atoms with Crippen LogP contribution in [0.25, 0.3) is 28.1 Å². The molecule has 0 radical (unpaired) electrons. The van der Waals surface area contributed by atoms with Crippen molar-refractivity contribution in [2.45, 2.75) is 12.8 Å². The number of nitrogens with one attached hydrogen (secondary N) is 2. The monoisotopic (exact) mass is 385 g/mol. The molecule has 0 bridgehead atoms. The molecule has 0 saturated carbocycles. The maximum absolute atomic E-state index is 12.2. The van der Waals surface area contributed by atoms with Crippen molar-refractivity contribution in [2.24, 2.45) is 0 Å². The predicted molar refractivity (Wildman–Crippen MR) is 118 cm³/mol. The maximum atomic E-state index is 12.2. The number of aromatic amines is 1. The second kappa shape index (κ2) is 7.77. The number of H-pyrrole nitrogens is 1. The van der Waals surface area contributed by atoms with Gasteiger partial charge in [0.05, 0.1) is 22.9 Å². The van der Waals surface area contributed by atoms with E-state index in [1.54, 1.807) is 6.20 Å². The van der Waals surface area contributed by atoms with Crippen LogP contribution >= 0.6 is 0 Å². The van der Waals surface area contributed by atoms with Crippen molar-refractivity contribution in [3.05, 3.63) is 42.2 Å². The Morgan fingerprint density at radius 3 is 2.96 bits per heavy atom. The highest BCUT2D eigenvalue weighted by Gasteiger charge is 2.20. The first-order valence-corrected chi connectivity index (χ1v) is 9.35. The molecule has 152 valence electrons. The van der Waals surface area contributed by atoms with Crippen LogP contribution < -0.4 is 11.1 Å². The van der Waals surface area contributed by atoms with E-state index in [1.807, 2.05) is 42.3 Å². The van der Waals surface area contributed by atoms with Gasteiger partial charge < -0.3 is 20.9 Å². The molecule has 0 spiro atoms. The fraction of sp³-hybridized carbons (Fsp3) is 0.300. The molecule has 28 heavy (non-hydrogen) atoms. The highest BCUT2D eigenvalue weighted by Crippen LogP contribution is 2.26. The number of hydrogen-bond donors (Lipinski definition) is 3. The third-order valence-corrected chi connectivity index (χ3v) is 4.89. The first-order valence-electron chi connectivity index (χ1n) is 9.35. The summed E-state index contributed by atoms with van der Waals surface area (Å²) in [6.45, 7) is 1.96. The van der Waals surface area contributed by atoms with Crippen molar-refractivity contribution in [2.75, 3.05) is 32.4 Å². The second-order valence-electron chi connectivity index (χ2n) is 6.76. The van der Waals surface area contributed by atoms with Gasteiger partial charge in [-0.1, -0.05) is 18.2 Å². The van der Waals surface area contributed by atoms with Crippen LogP contribution in [0.3, 0.4) is 0 Å². The number of nitrogens with zero attached hydrogens (tertiary/aromatic N) is 4. The lowest BCUT2D eigenvalue weighted by atomic mass is 10.0. The van der Waals surface area contributed by atoms with E-state index in [-0.39, 0.29) is 11.6 Å². The molecule has 1 aliphatic rings. The van der Waals surface area contributed by atoms with E-state index in [2.05, 4.69) is 20.3 Å². The first-order chi connectivity index (χ1) is 13.7. The number of imidazole rings is 1. The van der Waals surface area contributed by atoms with Gasteiger partial charge in [-0.25, -0.2) is 15.0 Å². The Morgan fingerprint density at radius 1 is 1.36 bits per heavy atom. The summed E-state index contributed by atoms with van der Waals surface area (Å²) in [6, 6.07) is 7.79. The van der Waals surface area contributed by atoms with Gasteiger partial charge in [0.25, 0.3) is 0 Å². The molecule has 8 heteroatoms. The molecule has 1 aliphatic heterocycles. The van der Waals surface area contributed by atoms with Crippen molar-refractivity contribution in [3.63, 3.8) is 0 Å². The third kappa shape index (κ3) is 3.59. The molecule has 4 N–H and O–H groups in total. The number of benzene rings is 1. The number of nitrogen functional groups attached to an aromatic ring is 1. The zero-order chi connectivity index (χ0) is 19.5. The number of anilines is 1. The zero-order valence-corrected chi connectivity index (χ0v) is 15.8. The maximum Gasteiger partial charge on any atom is 0.224 e. The fourth-order valence-corrected chi connectivity index (χ4v) is 3.31. The molecule has 0 atom stereocenters. The lowest BCUT2D eigenvalue weighted by Gasteiger charge is -2.26. The zero-order valence-electron chi connectivity index (χ0n) is 15.8. The average molecular weight is 386 g/mol. The summed E-state index contributed by atoms with van der Waals surface area (Å²) in [5.74, 6) is 1.10. The van der Waals surface area contributed by atoms with Gasteiger partial charge in [0.1, 0.15) is 5.69 Å². The van der Waals surface area contributed by atoms with Gasteiger partial charge in [-0.05, 0) is 31.2 Å².